The van der Waals surface area contributed by atoms with Gasteiger partial charge in [0.1, 0.15) is 0 Å². The smallest absolute Gasteiger partial charge is 0.227 e. The molecule has 5 nitrogen and oxygen atoms in total. The number of hydrogen-bond donors (Lipinski definition) is 1. The van der Waals surface area contributed by atoms with Gasteiger partial charge < -0.3 is 5.32 Å². The number of nitrogens with one attached hydrogen (secondary N) is 1. The number of anilines is 1. The van der Waals surface area contributed by atoms with Gasteiger partial charge in [-0.3, -0.25) is 0 Å². The van der Waals surface area contributed by atoms with Crippen molar-refractivity contribution in [1.82, 2.24) is 9.97 Å². The summed E-state index contributed by atoms with van der Waals surface area (Å²) in [6.45, 7) is 1.88. The molecule has 2 aromatic carbocycles. The Bertz CT molecular complexity index is 1070. The van der Waals surface area contributed by atoms with E-state index in [4.69, 9.17) is 0 Å². The van der Waals surface area contributed by atoms with Gasteiger partial charge in [-0.25, -0.2) is 18.4 Å². The van der Waals surface area contributed by atoms with E-state index in [2.05, 4.69) is 15.3 Å². The molecule has 0 bridgehead atoms. The van der Waals surface area contributed by atoms with Gasteiger partial charge in [0.05, 0.1) is 15.9 Å². The topological polar surface area (TPSA) is 72.0 Å². The van der Waals surface area contributed by atoms with Gasteiger partial charge in [0.2, 0.25) is 14.9 Å². The molecule has 0 unspecified atom stereocenters. The molecular weight excluding hydrogens is 358 g/mol. The maximum atomic E-state index is 13.3. The lowest BCUT2D eigenvalue weighted by Gasteiger charge is -2.24. The fourth-order valence-corrected chi connectivity index (χ4v) is 5.00. The van der Waals surface area contributed by atoms with Gasteiger partial charge in [-0.05, 0) is 49.6 Å². The van der Waals surface area contributed by atoms with Crippen LogP contribution in [0.4, 0.5) is 5.82 Å². The molecule has 1 N–H and O–H groups in total. The van der Waals surface area contributed by atoms with Crippen molar-refractivity contribution in [3.05, 3.63) is 54.1 Å². The van der Waals surface area contributed by atoms with Gasteiger partial charge in [0.25, 0.3) is 0 Å². The normalized spacial score (nSPS) is 15.7. The van der Waals surface area contributed by atoms with Crippen LogP contribution in [0.1, 0.15) is 37.7 Å². The molecule has 3 aromatic rings. The minimum atomic E-state index is -3.77. The molecule has 4 rings (SSSR count). The highest BCUT2D eigenvalue weighted by atomic mass is 32.2. The molecule has 140 valence electrons. The SMILES string of the molecule is Cc1cccc(S(=O)(=O)c2nc3ccccc3nc2NC2CCCCC2)c1. The molecule has 1 aromatic heterocycles. The van der Waals surface area contributed by atoms with Gasteiger partial charge in [-0.2, -0.15) is 0 Å². The van der Waals surface area contributed by atoms with Crippen molar-refractivity contribution in [3.63, 3.8) is 0 Å². The monoisotopic (exact) mass is 381 g/mol. The van der Waals surface area contributed by atoms with Crippen LogP contribution in [-0.4, -0.2) is 24.4 Å². The first-order valence-electron chi connectivity index (χ1n) is 9.39. The van der Waals surface area contributed by atoms with Gasteiger partial charge in [-0.1, -0.05) is 43.5 Å². The van der Waals surface area contributed by atoms with Crippen LogP contribution in [0, 0.1) is 6.92 Å². The van der Waals surface area contributed by atoms with E-state index >= 15 is 0 Å². The standard InChI is InChI=1S/C21H23N3O2S/c1-15-8-7-11-17(14-15)27(25,26)21-20(22-16-9-3-2-4-10-16)23-18-12-5-6-13-19(18)24-21/h5-8,11-14,16H,2-4,9-10H2,1H3,(H,22,23). The van der Waals surface area contributed by atoms with E-state index < -0.39 is 9.84 Å². The third kappa shape index (κ3) is 3.67. The van der Waals surface area contributed by atoms with Crippen molar-refractivity contribution in [3.8, 4) is 0 Å². The van der Waals surface area contributed by atoms with E-state index in [0.29, 0.717) is 16.9 Å². The third-order valence-corrected chi connectivity index (χ3v) is 6.71. The van der Waals surface area contributed by atoms with Crippen LogP contribution in [0.3, 0.4) is 0 Å². The molecule has 6 heteroatoms. The molecule has 0 spiro atoms. The molecule has 1 saturated carbocycles. The number of para-hydroxylation sites is 2. The van der Waals surface area contributed by atoms with E-state index in [-0.39, 0.29) is 16.0 Å². The largest absolute Gasteiger partial charge is 0.365 e. The molecule has 27 heavy (non-hydrogen) atoms. The molecule has 0 amide bonds. The highest BCUT2D eigenvalue weighted by Gasteiger charge is 2.27. The van der Waals surface area contributed by atoms with Crippen LogP contribution in [0.25, 0.3) is 11.0 Å². The molecule has 0 aliphatic heterocycles. The van der Waals surface area contributed by atoms with Crippen molar-refractivity contribution < 1.29 is 8.42 Å². The first-order valence-corrected chi connectivity index (χ1v) is 10.9. The Hall–Kier alpha value is -2.47. The minimum absolute atomic E-state index is 0.0115. The number of benzene rings is 2. The average molecular weight is 382 g/mol. The average Bonchev–Trinajstić information content (AvgIpc) is 2.68. The zero-order chi connectivity index (χ0) is 18.9. The zero-order valence-electron chi connectivity index (χ0n) is 15.4. The number of aromatic nitrogens is 2. The molecular formula is C21H23N3O2S. The van der Waals surface area contributed by atoms with Crippen LogP contribution >= 0.6 is 0 Å². The molecule has 1 heterocycles. The van der Waals surface area contributed by atoms with Gasteiger partial charge >= 0.3 is 0 Å². The van der Waals surface area contributed by atoms with E-state index in [1.165, 1.54) is 6.42 Å². The summed E-state index contributed by atoms with van der Waals surface area (Å²) < 4.78 is 26.7. The predicted molar refractivity (Wildman–Crippen MR) is 107 cm³/mol. The third-order valence-electron chi connectivity index (χ3n) is 5.04. The lowest BCUT2D eigenvalue weighted by molar-refractivity contribution is 0.461. The summed E-state index contributed by atoms with van der Waals surface area (Å²) in [7, 11) is -3.77. The van der Waals surface area contributed by atoms with Crippen LogP contribution in [-0.2, 0) is 9.84 Å². The lowest BCUT2D eigenvalue weighted by atomic mass is 9.95. The Morgan fingerprint density at radius 1 is 0.926 bits per heavy atom. The van der Waals surface area contributed by atoms with Crippen LogP contribution in [0.15, 0.2) is 58.5 Å². The zero-order valence-corrected chi connectivity index (χ0v) is 16.2. The van der Waals surface area contributed by atoms with Crippen LogP contribution in [0.5, 0.6) is 0 Å². The summed E-state index contributed by atoms with van der Waals surface area (Å²) >= 11 is 0. The van der Waals surface area contributed by atoms with E-state index in [0.717, 1.165) is 31.2 Å². The van der Waals surface area contributed by atoms with Crippen LogP contribution < -0.4 is 5.32 Å². The van der Waals surface area contributed by atoms with Gasteiger partial charge in [-0.15, -0.1) is 0 Å². The fraction of sp³-hybridized carbons (Fsp3) is 0.333. The highest BCUT2D eigenvalue weighted by Crippen LogP contribution is 2.29. The lowest BCUT2D eigenvalue weighted by Crippen LogP contribution is -2.24. The quantitative estimate of drug-likeness (QED) is 0.719. The summed E-state index contributed by atoms with van der Waals surface area (Å²) in [6, 6.07) is 14.5. The van der Waals surface area contributed by atoms with Gasteiger partial charge in [0.15, 0.2) is 5.82 Å². The minimum Gasteiger partial charge on any atom is -0.365 e. The predicted octanol–water partition coefficient (Wildman–Crippen LogP) is 4.52. The molecule has 0 atom stereocenters. The first-order chi connectivity index (χ1) is 13.0. The summed E-state index contributed by atoms with van der Waals surface area (Å²) in [5.41, 5.74) is 2.17. The summed E-state index contributed by atoms with van der Waals surface area (Å²) in [5, 5.41) is 3.39. The Morgan fingerprint density at radius 2 is 1.63 bits per heavy atom. The number of aryl methyl sites for hydroxylation is 1. The summed E-state index contributed by atoms with van der Waals surface area (Å²) in [5.74, 6) is 0.363. The molecule has 1 aliphatic carbocycles. The van der Waals surface area contributed by atoms with E-state index in [1.807, 2.05) is 31.2 Å². The number of rotatable bonds is 4. The maximum Gasteiger partial charge on any atom is 0.227 e. The Labute approximate surface area is 159 Å². The number of sulfone groups is 1. The summed E-state index contributed by atoms with van der Waals surface area (Å²) in [4.78, 5) is 9.39. The van der Waals surface area contributed by atoms with Crippen molar-refractivity contribution in [2.75, 3.05) is 5.32 Å². The van der Waals surface area contributed by atoms with E-state index in [1.54, 1.807) is 24.3 Å². The maximum absolute atomic E-state index is 13.3. The van der Waals surface area contributed by atoms with Crippen LogP contribution in [0.2, 0.25) is 0 Å². The fourth-order valence-electron chi connectivity index (χ4n) is 3.60. The van der Waals surface area contributed by atoms with Crippen molar-refractivity contribution >= 4 is 26.7 Å². The highest BCUT2D eigenvalue weighted by molar-refractivity contribution is 7.91. The van der Waals surface area contributed by atoms with Crippen molar-refractivity contribution in [2.24, 2.45) is 0 Å². The first kappa shape index (κ1) is 17.9. The van der Waals surface area contributed by atoms with E-state index in [9.17, 15) is 8.42 Å². The Balaban J connectivity index is 1.85. The van der Waals surface area contributed by atoms with Gasteiger partial charge in [0, 0.05) is 6.04 Å². The number of nitrogens with zero attached hydrogens (tertiary/aromatic N) is 2. The number of hydrogen-bond acceptors (Lipinski definition) is 5. The molecule has 0 saturated heterocycles. The Morgan fingerprint density at radius 3 is 2.33 bits per heavy atom. The second-order valence-electron chi connectivity index (χ2n) is 7.17. The molecule has 1 aliphatic rings. The molecule has 0 radical (unpaired) electrons. The molecule has 1 fully saturated rings. The van der Waals surface area contributed by atoms with Crippen molar-refractivity contribution in [2.45, 2.75) is 55.0 Å². The Kier molecular flexibility index (Phi) is 4.83. The summed E-state index contributed by atoms with van der Waals surface area (Å²) in [6.07, 6.45) is 5.59. The second-order valence-corrected chi connectivity index (χ2v) is 9.03. The number of fused-ring (bicyclic) bond motifs is 1. The second kappa shape index (κ2) is 7.27. The van der Waals surface area contributed by atoms with Crippen molar-refractivity contribution in [1.29, 1.82) is 0 Å².